The Morgan fingerprint density at radius 2 is 1.91 bits per heavy atom. The van der Waals surface area contributed by atoms with Crippen LogP contribution in [0.25, 0.3) is 10.9 Å². The summed E-state index contributed by atoms with van der Waals surface area (Å²) in [6.07, 6.45) is 0.778. The Bertz CT molecular complexity index is 1190. The zero-order valence-corrected chi connectivity index (χ0v) is 20.0. The third-order valence-electron chi connectivity index (χ3n) is 5.65. The largest absolute Gasteiger partial charge is 0.449 e. The molecular formula is C25H25Cl2N3O3. The number of nitrogens with zero attached hydrogens (tertiary/aromatic N) is 2. The van der Waals surface area contributed by atoms with Gasteiger partial charge in [0.25, 0.3) is 5.91 Å². The Labute approximate surface area is 202 Å². The lowest BCUT2D eigenvalue weighted by Gasteiger charge is -2.29. The number of para-hydroxylation sites is 1. The second kappa shape index (κ2) is 10.1. The zero-order valence-electron chi connectivity index (χ0n) is 18.5. The number of rotatable bonds is 6. The van der Waals surface area contributed by atoms with Gasteiger partial charge in [0.1, 0.15) is 0 Å². The molecule has 1 aliphatic heterocycles. The molecule has 1 aliphatic rings. The lowest BCUT2D eigenvalue weighted by Crippen LogP contribution is -2.34. The van der Waals surface area contributed by atoms with Crippen LogP contribution in [0.2, 0.25) is 10.0 Å². The quantitative estimate of drug-likeness (QED) is 0.467. The molecule has 1 atom stereocenters. The van der Waals surface area contributed by atoms with E-state index in [1.807, 2.05) is 24.3 Å². The fourth-order valence-corrected chi connectivity index (χ4v) is 4.66. The Morgan fingerprint density at radius 1 is 1.18 bits per heavy atom. The lowest BCUT2D eigenvalue weighted by molar-refractivity contribution is -0.123. The van der Waals surface area contributed by atoms with E-state index < -0.39 is 18.0 Å². The van der Waals surface area contributed by atoms with E-state index in [-0.39, 0.29) is 0 Å². The van der Waals surface area contributed by atoms with Crippen LogP contribution in [-0.4, -0.2) is 41.0 Å². The van der Waals surface area contributed by atoms with Gasteiger partial charge in [0.05, 0.1) is 11.1 Å². The van der Waals surface area contributed by atoms with Crippen molar-refractivity contribution in [3.05, 3.63) is 69.3 Å². The van der Waals surface area contributed by atoms with E-state index in [2.05, 4.69) is 17.1 Å². The van der Waals surface area contributed by atoms with Gasteiger partial charge in [0.2, 0.25) is 0 Å². The molecule has 172 valence electrons. The van der Waals surface area contributed by atoms with Gasteiger partial charge in [-0.05, 0) is 44.2 Å². The van der Waals surface area contributed by atoms with Gasteiger partial charge in [0.15, 0.2) is 6.10 Å². The van der Waals surface area contributed by atoms with E-state index in [1.54, 1.807) is 25.1 Å². The van der Waals surface area contributed by atoms with Crippen LogP contribution in [0.3, 0.4) is 0 Å². The van der Waals surface area contributed by atoms with Crippen molar-refractivity contribution >= 4 is 51.7 Å². The Morgan fingerprint density at radius 3 is 2.64 bits per heavy atom. The number of carbonyl (C=O) groups is 2. The van der Waals surface area contributed by atoms with Gasteiger partial charge in [0, 0.05) is 51.9 Å². The summed E-state index contributed by atoms with van der Waals surface area (Å²) in [7, 11) is 0. The number of ether oxygens (including phenoxy) is 1. The molecule has 6 nitrogen and oxygen atoms in total. The highest BCUT2D eigenvalue weighted by Crippen LogP contribution is 2.29. The molecule has 3 aromatic rings. The highest BCUT2D eigenvalue weighted by molar-refractivity contribution is 6.35. The first kappa shape index (κ1) is 23.5. The number of nitrogens with one attached hydrogen (secondary N) is 1. The SMILES string of the molecule is CCCN1CCc2nc3ccccc3c(C(=O)OC(C)C(=O)Nc3cc(Cl)cc(Cl)c3)c2C1. The molecule has 0 spiro atoms. The predicted molar refractivity (Wildman–Crippen MR) is 131 cm³/mol. The van der Waals surface area contributed by atoms with Crippen molar-refractivity contribution in [3.63, 3.8) is 0 Å². The third-order valence-corrected chi connectivity index (χ3v) is 6.09. The summed E-state index contributed by atoms with van der Waals surface area (Å²) in [6.45, 7) is 6.16. The predicted octanol–water partition coefficient (Wildman–Crippen LogP) is 5.49. The summed E-state index contributed by atoms with van der Waals surface area (Å²) < 4.78 is 5.64. The van der Waals surface area contributed by atoms with Gasteiger partial charge < -0.3 is 10.1 Å². The standard InChI is InChI=1S/C25H25Cl2N3O3/c1-3-9-30-10-8-22-20(14-30)23(19-6-4-5-7-21(19)29-22)25(32)33-15(2)24(31)28-18-12-16(26)11-17(27)13-18/h4-7,11-13,15H,3,8-10,14H2,1-2H3,(H,28,31). The Kier molecular flexibility index (Phi) is 7.17. The summed E-state index contributed by atoms with van der Waals surface area (Å²) in [5, 5.41) is 4.22. The first-order valence-electron chi connectivity index (χ1n) is 11.0. The molecule has 0 aliphatic carbocycles. The van der Waals surface area contributed by atoms with E-state index in [0.717, 1.165) is 48.1 Å². The summed E-state index contributed by atoms with van der Waals surface area (Å²) in [5.41, 5.74) is 3.47. The number of hydrogen-bond donors (Lipinski definition) is 1. The number of fused-ring (bicyclic) bond motifs is 2. The Hall–Kier alpha value is -2.67. The molecule has 33 heavy (non-hydrogen) atoms. The van der Waals surface area contributed by atoms with Gasteiger partial charge >= 0.3 is 5.97 Å². The van der Waals surface area contributed by atoms with E-state index in [4.69, 9.17) is 32.9 Å². The van der Waals surface area contributed by atoms with Crippen molar-refractivity contribution in [2.45, 2.75) is 39.3 Å². The van der Waals surface area contributed by atoms with E-state index in [1.165, 1.54) is 0 Å². The number of aromatic nitrogens is 1. The van der Waals surface area contributed by atoms with Crippen LogP contribution >= 0.6 is 23.2 Å². The zero-order chi connectivity index (χ0) is 23.5. The number of amides is 1. The van der Waals surface area contributed by atoms with Gasteiger partial charge in [-0.3, -0.25) is 14.7 Å². The second-order valence-electron chi connectivity index (χ2n) is 8.15. The van der Waals surface area contributed by atoms with Crippen LogP contribution in [0.15, 0.2) is 42.5 Å². The first-order valence-corrected chi connectivity index (χ1v) is 11.7. The highest BCUT2D eigenvalue weighted by atomic mass is 35.5. The van der Waals surface area contributed by atoms with Crippen LogP contribution < -0.4 is 5.32 Å². The first-order chi connectivity index (χ1) is 15.9. The summed E-state index contributed by atoms with van der Waals surface area (Å²) in [6, 6.07) is 12.3. The van der Waals surface area contributed by atoms with Crippen LogP contribution in [0.5, 0.6) is 0 Å². The second-order valence-corrected chi connectivity index (χ2v) is 9.02. The van der Waals surface area contributed by atoms with Crippen molar-refractivity contribution in [2.24, 2.45) is 0 Å². The molecule has 8 heteroatoms. The van der Waals surface area contributed by atoms with E-state index in [0.29, 0.717) is 27.8 Å². The summed E-state index contributed by atoms with van der Waals surface area (Å²) in [4.78, 5) is 33.2. The molecule has 4 rings (SSSR count). The highest BCUT2D eigenvalue weighted by Gasteiger charge is 2.28. The number of halogens is 2. The van der Waals surface area contributed by atoms with Gasteiger partial charge in [-0.2, -0.15) is 0 Å². The average Bonchev–Trinajstić information content (AvgIpc) is 2.76. The molecule has 1 N–H and O–H groups in total. The maximum absolute atomic E-state index is 13.4. The number of esters is 1. The summed E-state index contributed by atoms with van der Waals surface area (Å²) >= 11 is 12.0. The normalized spacial score (nSPS) is 14.5. The van der Waals surface area contributed by atoms with E-state index in [9.17, 15) is 9.59 Å². The monoisotopic (exact) mass is 485 g/mol. The minimum Gasteiger partial charge on any atom is -0.449 e. The molecular weight excluding hydrogens is 461 g/mol. The van der Waals surface area contributed by atoms with E-state index >= 15 is 0 Å². The van der Waals surface area contributed by atoms with Crippen molar-refractivity contribution < 1.29 is 14.3 Å². The Balaban J connectivity index is 1.60. The molecule has 1 amide bonds. The van der Waals surface area contributed by atoms with Crippen molar-refractivity contribution in [2.75, 3.05) is 18.4 Å². The molecule has 1 aromatic heterocycles. The smallest absolute Gasteiger partial charge is 0.339 e. The number of anilines is 1. The van der Waals surface area contributed by atoms with Crippen LogP contribution in [0, 0.1) is 0 Å². The molecule has 0 saturated heterocycles. The number of carbonyl (C=O) groups excluding carboxylic acids is 2. The fraction of sp³-hybridized carbons (Fsp3) is 0.320. The van der Waals surface area contributed by atoms with Crippen LogP contribution in [0.1, 0.15) is 41.9 Å². The number of pyridine rings is 1. The number of hydrogen-bond acceptors (Lipinski definition) is 5. The molecule has 0 bridgehead atoms. The summed E-state index contributed by atoms with van der Waals surface area (Å²) in [5.74, 6) is -1.00. The molecule has 2 heterocycles. The molecule has 1 unspecified atom stereocenters. The third kappa shape index (κ3) is 5.29. The minimum atomic E-state index is -1.02. The van der Waals surface area contributed by atoms with Crippen molar-refractivity contribution in [1.29, 1.82) is 0 Å². The minimum absolute atomic E-state index is 0.397. The lowest BCUT2D eigenvalue weighted by atomic mass is 9.95. The number of benzene rings is 2. The van der Waals surface area contributed by atoms with Crippen molar-refractivity contribution in [1.82, 2.24) is 9.88 Å². The van der Waals surface area contributed by atoms with Crippen LogP contribution in [-0.2, 0) is 22.5 Å². The maximum atomic E-state index is 13.4. The topological polar surface area (TPSA) is 71.5 Å². The van der Waals surface area contributed by atoms with Gasteiger partial charge in [-0.15, -0.1) is 0 Å². The molecule has 0 fully saturated rings. The molecule has 2 aromatic carbocycles. The average molecular weight is 486 g/mol. The van der Waals surface area contributed by atoms with Crippen molar-refractivity contribution in [3.8, 4) is 0 Å². The van der Waals surface area contributed by atoms with Crippen LogP contribution in [0.4, 0.5) is 5.69 Å². The maximum Gasteiger partial charge on any atom is 0.339 e. The molecule has 0 radical (unpaired) electrons. The van der Waals surface area contributed by atoms with Gasteiger partial charge in [-0.25, -0.2) is 4.79 Å². The fourth-order valence-electron chi connectivity index (χ4n) is 4.13. The molecule has 0 saturated carbocycles. The van der Waals surface area contributed by atoms with Gasteiger partial charge in [-0.1, -0.05) is 48.3 Å².